The maximum absolute atomic E-state index is 13.5. The number of hydrogen-bond donors (Lipinski definition) is 1. The third-order valence-corrected chi connectivity index (χ3v) is 6.20. The standard InChI is InChI=1S/C22H20FN3O5S2/c1-24-22(27)20-15-8-18(30-2)16(26(12-33(3,28)29)19-10-32-11-25-19)9-17(15)31-21(20)13-4-6-14(23)7-5-13/h4-11H,12H2,1-3H3,(H,24,27). The van der Waals surface area contributed by atoms with Gasteiger partial charge < -0.3 is 19.4 Å². The van der Waals surface area contributed by atoms with E-state index in [4.69, 9.17) is 9.15 Å². The third kappa shape index (κ3) is 4.55. The van der Waals surface area contributed by atoms with Crippen molar-refractivity contribution in [3.05, 3.63) is 58.7 Å². The number of thiazole rings is 1. The van der Waals surface area contributed by atoms with E-state index in [9.17, 15) is 17.6 Å². The molecule has 1 N–H and O–H groups in total. The third-order valence-electron chi connectivity index (χ3n) is 4.90. The van der Waals surface area contributed by atoms with Crippen LogP contribution in [-0.4, -0.2) is 45.6 Å². The molecule has 0 saturated heterocycles. The number of carbonyl (C=O) groups is 1. The fraction of sp³-hybridized carbons (Fsp3) is 0.182. The number of amides is 1. The van der Waals surface area contributed by atoms with Crippen molar-refractivity contribution < 1.29 is 26.8 Å². The zero-order chi connectivity index (χ0) is 23.8. The van der Waals surface area contributed by atoms with Gasteiger partial charge in [0.25, 0.3) is 5.91 Å². The monoisotopic (exact) mass is 489 g/mol. The predicted molar refractivity (Wildman–Crippen MR) is 126 cm³/mol. The molecular weight excluding hydrogens is 469 g/mol. The van der Waals surface area contributed by atoms with Gasteiger partial charge in [-0.3, -0.25) is 4.79 Å². The van der Waals surface area contributed by atoms with Crippen molar-refractivity contribution in [3.63, 3.8) is 0 Å². The summed E-state index contributed by atoms with van der Waals surface area (Å²) in [6, 6.07) is 8.81. The van der Waals surface area contributed by atoms with E-state index in [2.05, 4.69) is 10.3 Å². The first kappa shape index (κ1) is 22.7. The smallest absolute Gasteiger partial charge is 0.255 e. The Morgan fingerprint density at radius 3 is 2.58 bits per heavy atom. The largest absolute Gasteiger partial charge is 0.495 e. The summed E-state index contributed by atoms with van der Waals surface area (Å²) in [6.07, 6.45) is 1.13. The normalized spacial score (nSPS) is 11.5. The Morgan fingerprint density at radius 2 is 2.00 bits per heavy atom. The van der Waals surface area contributed by atoms with E-state index in [1.807, 2.05) is 0 Å². The fourth-order valence-electron chi connectivity index (χ4n) is 3.47. The maximum Gasteiger partial charge on any atom is 0.255 e. The first-order valence-electron chi connectivity index (χ1n) is 9.68. The summed E-state index contributed by atoms with van der Waals surface area (Å²) in [4.78, 5) is 18.5. The number of rotatable bonds is 7. The summed E-state index contributed by atoms with van der Waals surface area (Å²) in [5.74, 6) is -0.134. The number of carbonyl (C=O) groups excluding carboxylic acids is 1. The van der Waals surface area contributed by atoms with Crippen LogP contribution in [0.5, 0.6) is 5.75 Å². The molecule has 4 aromatic rings. The van der Waals surface area contributed by atoms with Crippen LogP contribution in [0, 0.1) is 5.82 Å². The molecule has 0 saturated carbocycles. The van der Waals surface area contributed by atoms with Crippen LogP contribution in [0.1, 0.15) is 10.4 Å². The van der Waals surface area contributed by atoms with E-state index in [0.717, 1.165) is 6.26 Å². The Bertz CT molecular complexity index is 1410. The van der Waals surface area contributed by atoms with Crippen LogP contribution in [0.25, 0.3) is 22.3 Å². The fourth-order valence-corrected chi connectivity index (χ4v) is 4.75. The molecular formula is C22H20FN3O5S2. The van der Waals surface area contributed by atoms with E-state index in [1.54, 1.807) is 23.0 Å². The number of nitrogens with zero attached hydrogens (tertiary/aromatic N) is 2. The lowest BCUT2D eigenvalue weighted by Gasteiger charge is -2.23. The van der Waals surface area contributed by atoms with Crippen LogP contribution >= 0.6 is 11.3 Å². The molecule has 4 rings (SSSR count). The second-order valence-electron chi connectivity index (χ2n) is 7.24. The maximum atomic E-state index is 13.5. The Kier molecular flexibility index (Phi) is 6.09. The summed E-state index contributed by atoms with van der Waals surface area (Å²) in [5.41, 5.74) is 3.10. The molecule has 11 heteroatoms. The zero-order valence-electron chi connectivity index (χ0n) is 18.0. The second-order valence-corrected chi connectivity index (χ2v) is 10.1. The van der Waals surface area contributed by atoms with Gasteiger partial charge in [-0.25, -0.2) is 17.8 Å². The van der Waals surface area contributed by atoms with Crippen molar-refractivity contribution >= 4 is 49.6 Å². The minimum absolute atomic E-state index is 0.256. The molecule has 0 radical (unpaired) electrons. The van der Waals surface area contributed by atoms with Gasteiger partial charge in [-0.15, -0.1) is 11.3 Å². The van der Waals surface area contributed by atoms with Crippen LogP contribution in [0.2, 0.25) is 0 Å². The number of nitrogens with one attached hydrogen (secondary N) is 1. The molecule has 0 spiro atoms. The number of sulfone groups is 1. The minimum Gasteiger partial charge on any atom is -0.495 e. The molecule has 0 aliphatic carbocycles. The first-order chi connectivity index (χ1) is 15.7. The highest BCUT2D eigenvalue weighted by Gasteiger charge is 2.26. The van der Waals surface area contributed by atoms with Crippen LogP contribution in [0.3, 0.4) is 0 Å². The van der Waals surface area contributed by atoms with Crippen molar-refractivity contribution in [1.82, 2.24) is 10.3 Å². The quantitative estimate of drug-likeness (QED) is 0.415. The highest BCUT2D eigenvalue weighted by Crippen LogP contribution is 2.42. The molecule has 2 aromatic carbocycles. The average molecular weight is 490 g/mol. The van der Waals surface area contributed by atoms with Crippen molar-refractivity contribution in [2.75, 3.05) is 31.2 Å². The van der Waals surface area contributed by atoms with Gasteiger partial charge in [0, 0.05) is 35.7 Å². The van der Waals surface area contributed by atoms with Crippen LogP contribution < -0.4 is 15.0 Å². The number of ether oxygens (including phenoxy) is 1. The lowest BCUT2D eigenvalue weighted by atomic mass is 10.0. The molecule has 33 heavy (non-hydrogen) atoms. The van der Waals surface area contributed by atoms with Gasteiger partial charge in [0.2, 0.25) is 0 Å². The highest BCUT2D eigenvalue weighted by molar-refractivity contribution is 7.90. The average Bonchev–Trinajstić information content (AvgIpc) is 3.44. The van der Waals surface area contributed by atoms with Crippen LogP contribution in [0.4, 0.5) is 15.9 Å². The van der Waals surface area contributed by atoms with Gasteiger partial charge >= 0.3 is 0 Å². The van der Waals surface area contributed by atoms with Gasteiger partial charge in [-0.05, 0) is 30.3 Å². The van der Waals surface area contributed by atoms with E-state index < -0.39 is 21.6 Å². The molecule has 172 valence electrons. The molecule has 0 unspecified atom stereocenters. The van der Waals surface area contributed by atoms with E-state index in [-0.39, 0.29) is 17.2 Å². The van der Waals surface area contributed by atoms with Gasteiger partial charge in [0.1, 0.15) is 34.6 Å². The zero-order valence-corrected chi connectivity index (χ0v) is 19.6. The summed E-state index contributed by atoms with van der Waals surface area (Å²) < 4.78 is 49.4. The molecule has 0 fully saturated rings. The number of furan rings is 1. The Balaban J connectivity index is 1.98. The molecule has 0 aliphatic heterocycles. The van der Waals surface area contributed by atoms with E-state index >= 15 is 0 Å². The van der Waals surface area contributed by atoms with Crippen molar-refractivity contribution in [2.24, 2.45) is 0 Å². The summed E-state index contributed by atoms with van der Waals surface area (Å²) in [5, 5.41) is 4.78. The number of anilines is 2. The lowest BCUT2D eigenvalue weighted by Crippen LogP contribution is -2.25. The lowest BCUT2D eigenvalue weighted by molar-refractivity contribution is 0.0964. The molecule has 2 heterocycles. The van der Waals surface area contributed by atoms with Crippen molar-refractivity contribution in [2.45, 2.75) is 0 Å². The Labute approximate surface area is 193 Å². The van der Waals surface area contributed by atoms with Gasteiger partial charge in [0.05, 0.1) is 23.9 Å². The SMILES string of the molecule is CNC(=O)c1c(-c2ccc(F)cc2)oc2cc(N(CS(C)(=O)=O)c3cscn3)c(OC)cc12. The predicted octanol–water partition coefficient (Wildman–Crippen LogP) is 4.20. The molecule has 2 aromatic heterocycles. The number of halogens is 1. The first-order valence-corrected chi connectivity index (χ1v) is 12.7. The van der Waals surface area contributed by atoms with Crippen LogP contribution in [0.15, 0.2) is 51.7 Å². The Hall–Kier alpha value is -3.44. The molecule has 1 amide bonds. The van der Waals surface area contributed by atoms with E-state index in [1.165, 1.54) is 54.7 Å². The molecule has 0 bridgehead atoms. The van der Waals surface area contributed by atoms with Crippen LogP contribution in [-0.2, 0) is 9.84 Å². The topological polar surface area (TPSA) is 102 Å². The van der Waals surface area contributed by atoms with Crippen molar-refractivity contribution in [1.29, 1.82) is 0 Å². The van der Waals surface area contributed by atoms with Crippen molar-refractivity contribution in [3.8, 4) is 17.1 Å². The summed E-state index contributed by atoms with van der Waals surface area (Å²) in [7, 11) is -0.492. The summed E-state index contributed by atoms with van der Waals surface area (Å²) in [6.45, 7) is 0. The number of fused-ring (bicyclic) bond motifs is 1. The highest BCUT2D eigenvalue weighted by atomic mass is 32.2. The minimum atomic E-state index is -3.44. The molecule has 0 atom stereocenters. The Morgan fingerprint density at radius 1 is 1.27 bits per heavy atom. The number of aromatic nitrogens is 1. The van der Waals surface area contributed by atoms with Gasteiger partial charge in [-0.2, -0.15) is 0 Å². The number of benzene rings is 2. The number of methoxy groups -OCH3 is 1. The molecule has 0 aliphatic rings. The van der Waals surface area contributed by atoms with Gasteiger partial charge in [0.15, 0.2) is 9.84 Å². The molecule has 8 nitrogen and oxygen atoms in total. The number of hydrogen-bond acceptors (Lipinski definition) is 8. The van der Waals surface area contributed by atoms with Gasteiger partial charge in [-0.1, -0.05) is 0 Å². The van der Waals surface area contributed by atoms with E-state index in [0.29, 0.717) is 33.8 Å². The summed E-state index contributed by atoms with van der Waals surface area (Å²) >= 11 is 1.32. The second kappa shape index (κ2) is 8.83.